The van der Waals surface area contributed by atoms with E-state index in [9.17, 15) is 9.50 Å². The predicted octanol–water partition coefficient (Wildman–Crippen LogP) is 3.51. The molecule has 160 valence electrons. The smallest absolute Gasteiger partial charge is 0.161 e. The van der Waals surface area contributed by atoms with Crippen LogP contribution in [0.2, 0.25) is 0 Å². The molecule has 0 fully saturated rings. The van der Waals surface area contributed by atoms with Crippen LogP contribution in [0.15, 0.2) is 36.4 Å². The van der Waals surface area contributed by atoms with Crippen LogP contribution >= 0.6 is 0 Å². The van der Waals surface area contributed by atoms with Crippen molar-refractivity contribution in [3.8, 4) is 11.5 Å². The van der Waals surface area contributed by atoms with Crippen molar-refractivity contribution in [2.45, 2.75) is 40.0 Å². The van der Waals surface area contributed by atoms with Gasteiger partial charge in [0.25, 0.3) is 0 Å². The SMILES string of the molecule is CCN(CC)C[C@@H](O)COc1cc(CNCc2cc(F)ccc2C)ccc1OC. The first-order valence-electron chi connectivity index (χ1n) is 10.1. The molecule has 0 radical (unpaired) electrons. The summed E-state index contributed by atoms with van der Waals surface area (Å²) < 4.78 is 24.6. The van der Waals surface area contributed by atoms with E-state index in [-0.39, 0.29) is 12.4 Å². The van der Waals surface area contributed by atoms with Gasteiger partial charge in [-0.05, 0) is 61.0 Å². The van der Waals surface area contributed by atoms with Gasteiger partial charge in [0, 0.05) is 19.6 Å². The van der Waals surface area contributed by atoms with E-state index in [0.29, 0.717) is 31.1 Å². The van der Waals surface area contributed by atoms with Gasteiger partial charge in [0.15, 0.2) is 11.5 Å². The second-order valence-electron chi connectivity index (χ2n) is 7.11. The zero-order valence-corrected chi connectivity index (χ0v) is 17.9. The fraction of sp³-hybridized carbons (Fsp3) is 0.478. The maximum atomic E-state index is 13.4. The molecule has 2 N–H and O–H groups in total. The van der Waals surface area contributed by atoms with Crippen LogP contribution in [-0.2, 0) is 13.1 Å². The number of nitrogens with one attached hydrogen (secondary N) is 1. The third kappa shape index (κ3) is 7.31. The molecule has 0 spiro atoms. The Balaban J connectivity index is 1.94. The van der Waals surface area contributed by atoms with Gasteiger partial charge in [-0.2, -0.15) is 0 Å². The van der Waals surface area contributed by atoms with E-state index in [2.05, 4.69) is 24.1 Å². The summed E-state index contributed by atoms with van der Waals surface area (Å²) in [6.45, 7) is 9.86. The monoisotopic (exact) mass is 404 g/mol. The van der Waals surface area contributed by atoms with E-state index in [1.54, 1.807) is 19.2 Å². The normalized spacial score (nSPS) is 12.2. The maximum Gasteiger partial charge on any atom is 0.161 e. The van der Waals surface area contributed by atoms with Crippen LogP contribution < -0.4 is 14.8 Å². The second-order valence-corrected chi connectivity index (χ2v) is 7.11. The Hall–Kier alpha value is -2.15. The molecule has 0 amide bonds. The number of rotatable bonds is 12. The van der Waals surface area contributed by atoms with Gasteiger partial charge in [-0.15, -0.1) is 0 Å². The number of ether oxygens (including phenoxy) is 2. The van der Waals surface area contributed by atoms with Crippen molar-refractivity contribution in [3.63, 3.8) is 0 Å². The molecule has 29 heavy (non-hydrogen) atoms. The highest BCUT2D eigenvalue weighted by Gasteiger charge is 2.12. The summed E-state index contributed by atoms with van der Waals surface area (Å²) in [5, 5.41) is 13.6. The first-order valence-corrected chi connectivity index (χ1v) is 10.1. The third-order valence-corrected chi connectivity index (χ3v) is 4.98. The van der Waals surface area contributed by atoms with Crippen LogP contribution in [0.25, 0.3) is 0 Å². The molecule has 2 aromatic carbocycles. The van der Waals surface area contributed by atoms with Crippen LogP contribution in [0.5, 0.6) is 11.5 Å². The van der Waals surface area contributed by atoms with Crippen molar-refractivity contribution in [2.24, 2.45) is 0 Å². The standard InChI is InChI=1S/C23H33FN2O3/c1-5-26(6-2)15-21(27)16-29-23-11-18(8-10-22(23)28-4)13-25-14-19-12-20(24)9-7-17(19)3/h7-12,21,25,27H,5-6,13-16H2,1-4H3/t21-/m1/s1. The number of nitrogens with zero attached hydrogens (tertiary/aromatic N) is 1. The first-order chi connectivity index (χ1) is 14.0. The van der Waals surface area contributed by atoms with Crippen molar-refractivity contribution in [1.29, 1.82) is 0 Å². The lowest BCUT2D eigenvalue weighted by Gasteiger charge is -2.22. The number of methoxy groups -OCH3 is 1. The Morgan fingerprint density at radius 2 is 1.83 bits per heavy atom. The number of halogens is 1. The Morgan fingerprint density at radius 3 is 2.52 bits per heavy atom. The van der Waals surface area contributed by atoms with Gasteiger partial charge in [0.2, 0.25) is 0 Å². The quantitative estimate of drug-likeness (QED) is 0.567. The van der Waals surface area contributed by atoms with E-state index < -0.39 is 6.10 Å². The first kappa shape index (κ1) is 23.1. The van der Waals surface area contributed by atoms with Crippen molar-refractivity contribution >= 4 is 0 Å². The lowest BCUT2D eigenvalue weighted by Crippen LogP contribution is -2.35. The van der Waals surface area contributed by atoms with Crippen molar-refractivity contribution in [1.82, 2.24) is 10.2 Å². The number of aliphatic hydroxyl groups is 1. The van der Waals surface area contributed by atoms with Gasteiger partial charge >= 0.3 is 0 Å². The highest BCUT2D eigenvalue weighted by Crippen LogP contribution is 2.28. The molecule has 2 aromatic rings. The van der Waals surface area contributed by atoms with Crippen molar-refractivity contribution < 1.29 is 19.0 Å². The average molecular weight is 405 g/mol. The lowest BCUT2D eigenvalue weighted by atomic mass is 10.1. The van der Waals surface area contributed by atoms with E-state index in [0.717, 1.165) is 29.8 Å². The fourth-order valence-corrected chi connectivity index (χ4v) is 3.13. The van der Waals surface area contributed by atoms with Crippen LogP contribution in [-0.4, -0.2) is 49.5 Å². The summed E-state index contributed by atoms with van der Waals surface area (Å²) in [6, 6.07) is 10.5. The summed E-state index contributed by atoms with van der Waals surface area (Å²) in [4.78, 5) is 2.15. The number of aliphatic hydroxyl groups excluding tert-OH is 1. The summed E-state index contributed by atoms with van der Waals surface area (Å²) in [7, 11) is 1.60. The maximum absolute atomic E-state index is 13.4. The minimum atomic E-state index is -0.572. The zero-order valence-electron chi connectivity index (χ0n) is 17.9. The Kier molecular flexibility index (Phi) is 9.38. The summed E-state index contributed by atoms with van der Waals surface area (Å²) in [5.74, 6) is 1.01. The van der Waals surface area contributed by atoms with Gasteiger partial charge in [0.1, 0.15) is 18.5 Å². The molecule has 0 unspecified atom stereocenters. The minimum absolute atomic E-state index is 0.201. The van der Waals surface area contributed by atoms with E-state index >= 15 is 0 Å². The van der Waals surface area contributed by atoms with Gasteiger partial charge in [-0.25, -0.2) is 4.39 Å². The fourth-order valence-electron chi connectivity index (χ4n) is 3.13. The number of aryl methyl sites for hydroxylation is 1. The Bertz CT molecular complexity index is 766. The molecule has 0 heterocycles. The molecule has 5 nitrogen and oxygen atoms in total. The Labute approximate surface area is 173 Å². The largest absolute Gasteiger partial charge is 0.493 e. The van der Waals surface area contributed by atoms with Gasteiger partial charge in [-0.3, -0.25) is 0 Å². The Morgan fingerprint density at radius 1 is 1.07 bits per heavy atom. The number of benzene rings is 2. The second kappa shape index (κ2) is 11.8. The van der Waals surface area contributed by atoms with Crippen LogP contribution in [0, 0.1) is 12.7 Å². The van der Waals surface area contributed by atoms with E-state index in [4.69, 9.17) is 9.47 Å². The van der Waals surface area contributed by atoms with E-state index in [1.165, 1.54) is 6.07 Å². The molecule has 0 saturated heterocycles. The van der Waals surface area contributed by atoms with Gasteiger partial charge in [-0.1, -0.05) is 26.0 Å². The molecule has 0 bridgehead atoms. The molecule has 0 saturated carbocycles. The third-order valence-electron chi connectivity index (χ3n) is 4.98. The van der Waals surface area contributed by atoms with Crippen molar-refractivity contribution in [2.75, 3.05) is 33.4 Å². The minimum Gasteiger partial charge on any atom is -0.493 e. The molecule has 0 aliphatic carbocycles. The average Bonchev–Trinajstić information content (AvgIpc) is 2.73. The van der Waals surface area contributed by atoms with Crippen molar-refractivity contribution in [3.05, 3.63) is 58.9 Å². The number of likely N-dealkylation sites (N-methyl/N-ethyl adjacent to an activating group) is 1. The summed E-state index contributed by atoms with van der Waals surface area (Å²) in [6.07, 6.45) is -0.572. The molecule has 6 heteroatoms. The molecule has 0 aromatic heterocycles. The molecule has 1 atom stereocenters. The lowest BCUT2D eigenvalue weighted by molar-refractivity contribution is 0.0705. The van der Waals surface area contributed by atoms with E-state index in [1.807, 2.05) is 25.1 Å². The van der Waals surface area contributed by atoms with Gasteiger partial charge < -0.3 is 24.8 Å². The summed E-state index contributed by atoms with van der Waals surface area (Å²) >= 11 is 0. The highest BCUT2D eigenvalue weighted by molar-refractivity contribution is 5.43. The predicted molar refractivity (Wildman–Crippen MR) is 114 cm³/mol. The number of hydrogen-bond acceptors (Lipinski definition) is 5. The summed E-state index contributed by atoms with van der Waals surface area (Å²) in [5.41, 5.74) is 3.02. The van der Waals surface area contributed by atoms with Crippen LogP contribution in [0.1, 0.15) is 30.5 Å². The molecule has 2 rings (SSSR count). The topological polar surface area (TPSA) is 54.0 Å². The van der Waals surface area contributed by atoms with Crippen LogP contribution in [0.3, 0.4) is 0 Å². The molecule has 0 aliphatic rings. The molecule has 0 aliphatic heterocycles. The highest BCUT2D eigenvalue weighted by atomic mass is 19.1. The molecular weight excluding hydrogens is 371 g/mol. The van der Waals surface area contributed by atoms with Crippen LogP contribution in [0.4, 0.5) is 4.39 Å². The molecular formula is C23H33FN2O3. The van der Waals surface area contributed by atoms with Gasteiger partial charge in [0.05, 0.1) is 7.11 Å². The number of hydrogen-bond donors (Lipinski definition) is 2. The zero-order chi connectivity index (χ0) is 21.2.